The van der Waals surface area contributed by atoms with Gasteiger partial charge in [-0.25, -0.2) is 0 Å². The molecular weight excluding hydrogens is 274 g/mol. The molecule has 0 heterocycles. The van der Waals surface area contributed by atoms with Crippen molar-refractivity contribution in [3.8, 4) is 0 Å². The van der Waals surface area contributed by atoms with E-state index in [0.717, 1.165) is 19.4 Å². The molecule has 4 nitrogen and oxygen atoms in total. The van der Waals surface area contributed by atoms with Crippen LogP contribution in [0.4, 0.5) is 5.69 Å². The molecule has 0 aliphatic heterocycles. The Morgan fingerprint density at radius 2 is 2.10 bits per heavy atom. The van der Waals surface area contributed by atoms with Gasteiger partial charge in [0.15, 0.2) is 0 Å². The highest BCUT2D eigenvalue weighted by molar-refractivity contribution is 6.33. The molecule has 0 aromatic heterocycles. The van der Waals surface area contributed by atoms with Crippen molar-refractivity contribution in [2.75, 3.05) is 25.9 Å². The molecule has 0 atom stereocenters. The van der Waals surface area contributed by atoms with Gasteiger partial charge in [0.25, 0.3) is 5.91 Å². The fourth-order valence-electron chi connectivity index (χ4n) is 1.78. The third-order valence-corrected chi connectivity index (χ3v) is 3.73. The highest BCUT2D eigenvalue weighted by atomic mass is 35.5. The zero-order chi connectivity index (χ0) is 15.1. The smallest absolute Gasteiger partial charge is 0.253 e. The van der Waals surface area contributed by atoms with E-state index in [9.17, 15) is 4.79 Å². The van der Waals surface area contributed by atoms with Gasteiger partial charge in [-0.2, -0.15) is 0 Å². The topological polar surface area (TPSA) is 58.4 Å². The van der Waals surface area contributed by atoms with Crippen molar-refractivity contribution < 1.29 is 4.79 Å². The molecule has 5 heteroatoms. The number of unbranched alkanes of at least 4 members (excludes halogenated alkanes) is 1. The summed E-state index contributed by atoms with van der Waals surface area (Å²) in [6, 6.07) is 5.64. The molecule has 1 rings (SSSR count). The van der Waals surface area contributed by atoms with E-state index in [2.05, 4.69) is 31.1 Å². The number of hydrogen-bond acceptors (Lipinski definition) is 3. The summed E-state index contributed by atoms with van der Waals surface area (Å²) in [7, 11) is 2.11. The first-order valence-corrected chi connectivity index (χ1v) is 7.33. The number of nitrogens with zero attached hydrogens (tertiary/aromatic N) is 1. The van der Waals surface area contributed by atoms with Crippen LogP contribution in [-0.2, 0) is 0 Å². The van der Waals surface area contributed by atoms with Crippen molar-refractivity contribution in [2.24, 2.45) is 0 Å². The Morgan fingerprint density at radius 1 is 1.40 bits per heavy atom. The lowest BCUT2D eigenvalue weighted by atomic mass is 10.1. The zero-order valence-electron chi connectivity index (χ0n) is 12.4. The number of nitrogen functional groups attached to an aromatic ring is 1. The van der Waals surface area contributed by atoms with E-state index in [-0.39, 0.29) is 5.91 Å². The lowest BCUT2D eigenvalue weighted by Crippen LogP contribution is -2.29. The average Bonchev–Trinajstić information content (AvgIpc) is 2.40. The van der Waals surface area contributed by atoms with E-state index in [1.807, 2.05) is 0 Å². The number of rotatable bonds is 7. The highest BCUT2D eigenvalue weighted by Crippen LogP contribution is 2.22. The van der Waals surface area contributed by atoms with E-state index >= 15 is 0 Å². The molecule has 112 valence electrons. The minimum Gasteiger partial charge on any atom is -0.397 e. The Morgan fingerprint density at radius 3 is 2.75 bits per heavy atom. The van der Waals surface area contributed by atoms with Gasteiger partial charge < -0.3 is 16.0 Å². The molecule has 0 bridgehead atoms. The maximum absolute atomic E-state index is 12.0. The quantitative estimate of drug-likeness (QED) is 0.601. The first-order chi connectivity index (χ1) is 9.43. The summed E-state index contributed by atoms with van der Waals surface area (Å²) in [6.45, 7) is 6.02. The van der Waals surface area contributed by atoms with Gasteiger partial charge in [0, 0.05) is 12.6 Å². The summed E-state index contributed by atoms with van der Waals surface area (Å²) in [5.41, 5.74) is 6.57. The second-order valence-corrected chi connectivity index (χ2v) is 5.65. The molecule has 0 spiro atoms. The standard InChI is InChI=1S/C15H24ClN3O/c1-11(2)19(3)10-5-4-9-18-15(20)12-7-6-8-13(16)14(12)17/h6-8,11H,4-5,9-10,17H2,1-3H3,(H,18,20). The fraction of sp³-hybridized carbons (Fsp3) is 0.533. The van der Waals surface area contributed by atoms with Gasteiger partial charge in [0.05, 0.1) is 16.3 Å². The van der Waals surface area contributed by atoms with Gasteiger partial charge in [-0.1, -0.05) is 17.7 Å². The number of nitrogens with one attached hydrogen (secondary N) is 1. The number of carbonyl (C=O) groups excluding carboxylic acids is 1. The maximum atomic E-state index is 12.0. The van der Waals surface area contributed by atoms with Crippen molar-refractivity contribution in [1.82, 2.24) is 10.2 Å². The number of hydrogen-bond donors (Lipinski definition) is 2. The largest absolute Gasteiger partial charge is 0.397 e. The van der Waals surface area contributed by atoms with Crippen molar-refractivity contribution in [3.05, 3.63) is 28.8 Å². The van der Waals surface area contributed by atoms with Gasteiger partial charge in [0.1, 0.15) is 0 Å². The minimum absolute atomic E-state index is 0.165. The van der Waals surface area contributed by atoms with Crippen LogP contribution in [0.1, 0.15) is 37.0 Å². The normalized spacial score (nSPS) is 11.1. The molecule has 3 N–H and O–H groups in total. The molecule has 0 saturated carbocycles. The Balaban J connectivity index is 2.32. The van der Waals surface area contributed by atoms with E-state index < -0.39 is 0 Å². The molecule has 0 saturated heterocycles. The van der Waals surface area contributed by atoms with Gasteiger partial charge in [-0.15, -0.1) is 0 Å². The van der Waals surface area contributed by atoms with Crippen LogP contribution in [0.15, 0.2) is 18.2 Å². The Labute approximate surface area is 126 Å². The average molecular weight is 298 g/mol. The minimum atomic E-state index is -0.165. The van der Waals surface area contributed by atoms with Crippen LogP contribution in [0.25, 0.3) is 0 Å². The van der Waals surface area contributed by atoms with Crippen LogP contribution < -0.4 is 11.1 Å². The number of carbonyl (C=O) groups is 1. The van der Waals surface area contributed by atoms with Crippen molar-refractivity contribution in [2.45, 2.75) is 32.7 Å². The SMILES string of the molecule is CC(C)N(C)CCCCNC(=O)c1cccc(Cl)c1N. The van der Waals surface area contributed by atoms with E-state index in [1.54, 1.807) is 18.2 Å². The molecule has 0 radical (unpaired) electrons. The lowest BCUT2D eigenvalue weighted by molar-refractivity contribution is 0.0953. The molecule has 20 heavy (non-hydrogen) atoms. The van der Waals surface area contributed by atoms with Crippen LogP contribution >= 0.6 is 11.6 Å². The van der Waals surface area contributed by atoms with Gasteiger partial charge in [-0.3, -0.25) is 4.79 Å². The summed E-state index contributed by atoms with van der Waals surface area (Å²) >= 11 is 5.90. The Bertz CT molecular complexity index is 449. The number of anilines is 1. The Kier molecular flexibility index (Phi) is 6.82. The highest BCUT2D eigenvalue weighted by Gasteiger charge is 2.11. The fourth-order valence-corrected chi connectivity index (χ4v) is 1.95. The number of amides is 1. The monoisotopic (exact) mass is 297 g/mol. The zero-order valence-corrected chi connectivity index (χ0v) is 13.2. The van der Waals surface area contributed by atoms with Crippen LogP contribution in [0.2, 0.25) is 5.02 Å². The van der Waals surface area contributed by atoms with Crippen LogP contribution in [0.3, 0.4) is 0 Å². The molecule has 1 aromatic carbocycles. The van der Waals surface area contributed by atoms with Crippen LogP contribution in [0, 0.1) is 0 Å². The molecule has 0 fully saturated rings. The summed E-state index contributed by atoms with van der Waals surface area (Å²) in [5, 5.41) is 3.29. The van der Waals surface area contributed by atoms with Gasteiger partial charge >= 0.3 is 0 Å². The summed E-state index contributed by atoms with van der Waals surface area (Å²) in [5.74, 6) is -0.165. The number of para-hydroxylation sites is 1. The van der Waals surface area contributed by atoms with Crippen LogP contribution in [-0.4, -0.2) is 37.0 Å². The Hall–Kier alpha value is -1.26. The summed E-state index contributed by atoms with van der Waals surface area (Å²) in [6.07, 6.45) is 2.00. The van der Waals surface area contributed by atoms with Crippen molar-refractivity contribution in [1.29, 1.82) is 0 Å². The molecule has 1 aromatic rings. The lowest BCUT2D eigenvalue weighted by Gasteiger charge is -2.20. The molecule has 0 aliphatic rings. The maximum Gasteiger partial charge on any atom is 0.253 e. The third-order valence-electron chi connectivity index (χ3n) is 3.40. The molecule has 0 aliphatic carbocycles. The molecular formula is C15H24ClN3O. The first kappa shape index (κ1) is 16.8. The third kappa shape index (κ3) is 5.02. The predicted molar refractivity (Wildman–Crippen MR) is 85.2 cm³/mol. The molecule has 1 amide bonds. The summed E-state index contributed by atoms with van der Waals surface area (Å²) in [4.78, 5) is 14.3. The number of halogens is 1. The predicted octanol–water partition coefficient (Wildman–Crippen LogP) is 2.77. The van der Waals surface area contributed by atoms with Crippen LogP contribution in [0.5, 0.6) is 0 Å². The molecule has 0 unspecified atom stereocenters. The van der Waals surface area contributed by atoms with Crippen molar-refractivity contribution in [3.63, 3.8) is 0 Å². The second kappa shape index (κ2) is 8.12. The van der Waals surface area contributed by atoms with E-state index in [4.69, 9.17) is 17.3 Å². The summed E-state index contributed by atoms with van der Waals surface area (Å²) < 4.78 is 0. The van der Waals surface area contributed by atoms with Crippen molar-refractivity contribution >= 4 is 23.2 Å². The first-order valence-electron chi connectivity index (χ1n) is 6.96. The van der Waals surface area contributed by atoms with Gasteiger partial charge in [-0.05, 0) is 52.4 Å². The second-order valence-electron chi connectivity index (χ2n) is 5.24. The van der Waals surface area contributed by atoms with E-state index in [0.29, 0.717) is 28.9 Å². The van der Waals surface area contributed by atoms with Gasteiger partial charge in [0.2, 0.25) is 0 Å². The number of nitrogens with two attached hydrogens (primary N) is 1. The number of benzene rings is 1. The van der Waals surface area contributed by atoms with E-state index in [1.165, 1.54) is 0 Å².